The maximum Gasteiger partial charge on any atom is 0.270 e. The van der Waals surface area contributed by atoms with Crippen LogP contribution < -0.4 is 5.43 Å². The van der Waals surface area contributed by atoms with Crippen molar-refractivity contribution < 1.29 is 9.72 Å². The molecule has 1 heterocycles. The number of nitro benzene ring substituents is 1. The molecule has 182 valence electrons. The highest BCUT2D eigenvalue weighted by Crippen LogP contribution is 2.40. The van der Waals surface area contributed by atoms with Crippen LogP contribution in [0.15, 0.2) is 114 Å². The van der Waals surface area contributed by atoms with Gasteiger partial charge in [0.2, 0.25) is 5.91 Å². The van der Waals surface area contributed by atoms with E-state index in [0.717, 1.165) is 33.3 Å². The minimum absolute atomic E-state index is 0.0302. The molecule has 1 N–H and O–H groups in total. The van der Waals surface area contributed by atoms with Crippen LogP contribution in [0.25, 0.3) is 33.3 Å². The van der Waals surface area contributed by atoms with Gasteiger partial charge in [-0.05, 0) is 17.2 Å². The van der Waals surface area contributed by atoms with Gasteiger partial charge >= 0.3 is 0 Å². The smallest absolute Gasteiger partial charge is 0.270 e. The number of hydrogen-bond donors (Lipinski definition) is 1. The van der Waals surface area contributed by atoms with Gasteiger partial charge in [0, 0.05) is 47.1 Å². The lowest BCUT2D eigenvalue weighted by molar-refractivity contribution is -0.384. The van der Waals surface area contributed by atoms with Crippen molar-refractivity contribution >= 4 is 28.7 Å². The zero-order chi connectivity index (χ0) is 25.6. The highest BCUT2D eigenvalue weighted by atomic mass is 16.6. The minimum atomic E-state index is -0.467. The van der Waals surface area contributed by atoms with Gasteiger partial charge in [-0.15, -0.1) is 0 Å². The predicted molar refractivity (Wildman–Crippen MR) is 146 cm³/mol. The standard InChI is InChI=1S/C30H24N4O3/c35-28(32-31-21-22-10-9-15-25(20-22)34(36)37)18-19-33-27-17-8-7-16-26(27)29(23-11-3-1-4-12-23)30(33)24-13-5-2-6-14-24/h1-17,20-21H,18-19H2,(H,32,35). The largest absolute Gasteiger partial charge is 0.339 e. The third kappa shape index (κ3) is 5.16. The topological polar surface area (TPSA) is 89.5 Å². The van der Waals surface area contributed by atoms with Crippen molar-refractivity contribution in [2.24, 2.45) is 5.10 Å². The Morgan fingerprint density at radius 1 is 0.865 bits per heavy atom. The Balaban J connectivity index is 1.44. The Bertz CT molecular complexity index is 1590. The van der Waals surface area contributed by atoms with E-state index in [1.807, 2.05) is 48.5 Å². The average molecular weight is 489 g/mol. The lowest BCUT2D eigenvalue weighted by Crippen LogP contribution is -2.19. The van der Waals surface area contributed by atoms with E-state index in [4.69, 9.17) is 0 Å². The Kier molecular flexibility index (Phi) is 6.85. The Morgan fingerprint density at radius 2 is 1.54 bits per heavy atom. The average Bonchev–Trinajstić information content (AvgIpc) is 3.27. The summed E-state index contributed by atoms with van der Waals surface area (Å²) in [5.41, 5.74) is 8.47. The molecule has 7 nitrogen and oxygen atoms in total. The molecule has 0 aliphatic carbocycles. The number of hydrazone groups is 1. The molecule has 0 unspecified atom stereocenters. The quantitative estimate of drug-likeness (QED) is 0.155. The normalized spacial score (nSPS) is 11.1. The molecule has 7 heteroatoms. The minimum Gasteiger partial charge on any atom is -0.339 e. The van der Waals surface area contributed by atoms with Gasteiger partial charge in [0.15, 0.2) is 0 Å². The highest BCUT2D eigenvalue weighted by molar-refractivity contribution is 6.04. The van der Waals surface area contributed by atoms with Crippen molar-refractivity contribution in [2.45, 2.75) is 13.0 Å². The number of amides is 1. The summed E-state index contributed by atoms with van der Waals surface area (Å²) in [6.07, 6.45) is 1.61. The molecule has 1 aromatic heterocycles. The van der Waals surface area contributed by atoms with Crippen LogP contribution >= 0.6 is 0 Å². The van der Waals surface area contributed by atoms with Crippen LogP contribution in [0.5, 0.6) is 0 Å². The fourth-order valence-electron chi connectivity index (χ4n) is 4.50. The Labute approximate surface area is 213 Å². The lowest BCUT2D eigenvalue weighted by atomic mass is 9.98. The van der Waals surface area contributed by atoms with Crippen LogP contribution in [0.3, 0.4) is 0 Å². The number of aromatic nitrogens is 1. The lowest BCUT2D eigenvalue weighted by Gasteiger charge is -2.13. The van der Waals surface area contributed by atoms with Crippen molar-refractivity contribution in [3.8, 4) is 22.4 Å². The molecule has 0 aliphatic heterocycles. The summed E-state index contributed by atoms with van der Waals surface area (Å²) in [5, 5.41) is 16.1. The van der Waals surface area contributed by atoms with Gasteiger partial charge in [0.25, 0.3) is 5.69 Å². The van der Waals surface area contributed by atoms with Crippen LogP contribution in [0.1, 0.15) is 12.0 Å². The number of para-hydroxylation sites is 1. The molecular formula is C30H24N4O3. The summed E-state index contributed by atoms with van der Waals surface area (Å²) in [6.45, 7) is 0.454. The van der Waals surface area contributed by atoms with Crippen LogP contribution in [0.4, 0.5) is 5.69 Å². The second-order valence-electron chi connectivity index (χ2n) is 8.52. The number of aryl methyl sites for hydroxylation is 1. The second-order valence-corrected chi connectivity index (χ2v) is 8.52. The number of hydrogen-bond acceptors (Lipinski definition) is 4. The number of nitrogens with one attached hydrogen (secondary N) is 1. The van der Waals surface area contributed by atoms with E-state index >= 15 is 0 Å². The van der Waals surface area contributed by atoms with E-state index in [1.54, 1.807) is 12.1 Å². The van der Waals surface area contributed by atoms with Crippen LogP contribution in [0, 0.1) is 10.1 Å². The van der Waals surface area contributed by atoms with Gasteiger partial charge in [0.05, 0.1) is 16.8 Å². The first-order valence-corrected chi connectivity index (χ1v) is 11.9. The van der Waals surface area contributed by atoms with E-state index in [1.165, 1.54) is 18.3 Å². The summed E-state index contributed by atoms with van der Waals surface area (Å²) < 4.78 is 2.19. The highest BCUT2D eigenvalue weighted by Gasteiger charge is 2.20. The number of carbonyl (C=O) groups is 1. The van der Waals surface area contributed by atoms with E-state index in [0.29, 0.717) is 12.1 Å². The van der Waals surface area contributed by atoms with Crippen molar-refractivity contribution in [1.82, 2.24) is 9.99 Å². The van der Waals surface area contributed by atoms with Crippen molar-refractivity contribution in [3.05, 3.63) is 125 Å². The van der Waals surface area contributed by atoms with Crippen LogP contribution in [-0.2, 0) is 11.3 Å². The molecule has 5 rings (SSSR count). The Hall–Kier alpha value is -5.04. The molecule has 4 aromatic carbocycles. The van der Waals surface area contributed by atoms with Gasteiger partial charge in [-0.2, -0.15) is 5.10 Å². The van der Waals surface area contributed by atoms with E-state index in [9.17, 15) is 14.9 Å². The zero-order valence-corrected chi connectivity index (χ0v) is 20.0. The van der Waals surface area contributed by atoms with Gasteiger partial charge in [-0.3, -0.25) is 14.9 Å². The van der Waals surface area contributed by atoms with Gasteiger partial charge in [-0.1, -0.05) is 91.0 Å². The molecule has 0 radical (unpaired) electrons. The number of nitro groups is 1. The molecule has 0 saturated heterocycles. The van der Waals surface area contributed by atoms with Gasteiger partial charge in [-0.25, -0.2) is 5.43 Å². The zero-order valence-electron chi connectivity index (χ0n) is 20.0. The predicted octanol–water partition coefficient (Wildman–Crippen LogP) is 6.42. The van der Waals surface area contributed by atoms with E-state index in [-0.39, 0.29) is 18.0 Å². The number of benzene rings is 4. The summed E-state index contributed by atoms with van der Waals surface area (Å²) in [5.74, 6) is -0.250. The summed E-state index contributed by atoms with van der Waals surface area (Å²) in [4.78, 5) is 23.2. The number of carbonyl (C=O) groups excluding carboxylic acids is 1. The molecule has 0 spiro atoms. The third-order valence-electron chi connectivity index (χ3n) is 6.13. The molecule has 37 heavy (non-hydrogen) atoms. The molecular weight excluding hydrogens is 464 g/mol. The second kappa shape index (κ2) is 10.7. The van der Waals surface area contributed by atoms with E-state index < -0.39 is 4.92 Å². The van der Waals surface area contributed by atoms with Crippen molar-refractivity contribution in [3.63, 3.8) is 0 Å². The van der Waals surface area contributed by atoms with Gasteiger partial charge < -0.3 is 4.57 Å². The molecule has 0 fully saturated rings. The Morgan fingerprint density at radius 3 is 2.27 bits per heavy atom. The summed E-state index contributed by atoms with van der Waals surface area (Å²) >= 11 is 0. The molecule has 1 amide bonds. The molecule has 0 saturated carbocycles. The monoisotopic (exact) mass is 488 g/mol. The first-order chi connectivity index (χ1) is 18.1. The van der Waals surface area contributed by atoms with Crippen molar-refractivity contribution in [1.29, 1.82) is 0 Å². The van der Waals surface area contributed by atoms with Gasteiger partial charge in [0.1, 0.15) is 0 Å². The number of nitrogens with zero attached hydrogens (tertiary/aromatic N) is 3. The van der Waals surface area contributed by atoms with Crippen LogP contribution in [0.2, 0.25) is 0 Å². The maximum absolute atomic E-state index is 12.7. The number of fused-ring (bicyclic) bond motifs is 1. The number of rotatable bonds is 8. The molecule has 0 aliphatic rings. The van der Waals surface area contributed by atoms with E-state index in [2.05, 4.69) is 51.5 Å². The number of non-ortho nitro benzene ring substituents is 1. The summed E-state index contributed by atoms with van der Waals surface area (Å²) in [6, 6.07) is 34.8. The molecule has 0 atom stereocenters. The summed E-state index contributed by atoms with van der Waals surface area (Å²) in [7, 11) is 0. The molecule has 5 aromatic rings. The van der Waals surface area contributed by atoms with Crippen LogP contribution in [-0.4, -0.2) is 21.6 Å². The fourth-order valence-corrected chi connectivity index (χ4v) is 4.50. The first-order valence-electron chi connectivity index (χ1n) is 11.9. The SMILES string of the molecule is O=C(CCn1c(-c2ccccc2)c(-c2ccccc2)c2ccccc21)NN=Cc1cccc([N+](=O)[O-])c1. The van der Waals surface area contributed by atoms with Crippen molar-refractivity contribution in [2.75, 3.05) is 0 Å². The molecule has 0 bridgehead atoms. The first kappa shape index (κ1) is 23.7. The third-order valence-corrected chi connectivity index (χ3v) is 6.13. The maximum atomic E-state index is 12.7. The fraction of sp³-hybridized carbons (Fsp3) is 0.0667.